The van der Waals surface area contributed by atoms with Crippen LogP contribution >= 0.6 is 28.6 Å². The first-order chi connectivity index (χ1) is 7.19. The van der Waals surface area contributed by atoms with E-state index in [4.69, 9.17) is 0 Å². The summed E-state index contributed by atoms with van der Waals surface area (Å²) in [5, 5.41) is 0. The van der Waals surface area contributed by atoms with Crippen LogP contribution in [-0.4, -0.2) is 18.8 Å². The summed E-state index contributed by atoms with van der Waals surface area (Å²) in [4.78, 5) is 11.2. The number of carbonyl (C=O) groups is 1. The van der Waals surface area contributed by atoms with E-state index in [0.717, 1.165) is 10.0 Å². The Hall–Kier alpha value is -0.920. The number of rotatable bonds is 1. The predicted octanol–water partition coefficient (Wildman–Crippen LogP) is 2.52. The van der Waals surface area contributed by atoms with Crippen LogP contribution in [-0.2, 0) is 4.74 Å². The zero-order valence-electron chi connectivity index (χ0n) is 8.08. The fraction of sp³-hybridized carbons (Fsp3) is 0.182. The maximum absolute atomic E-state index is 11.2. The quantitative estimate of drug-likeness (QED) is 0.487. The number of carbonyl (C=O) groups excluding carboxylic acids is 1. The molecule has 1 rings (SSSR count). The Balaban J connectivity index is 3.03. The van der Waals surface area contributed by atoms with Gasteiger partial charge in [-0.15, -0.1) is 0 Å². The monoisotopic (exact) mass is 284 g/mol. The summed E-state index contributed by atoms with van der Waals surface area (Å²) >= 11 is 7.33. The van der Waals surface area contributed by atoms with Crippen molar-refractivity contribution in [2.45, 2.75) is 0 Å². The van der Waals surface area contributed by atoms with Crippen molar-refractivity contribution in [2.24, 2.45) is 0 Å². The Morgan fingerprint density at radius 3 is 2.87 bits per heavy atom. The number of benzene rings is 1. The molecule has 2 nitrogen and oxygen atoms in total. The molecule has 1 aromatic rings. The van der Waals surface area contributed by atoms with Crippen LogP contribution in [0.3, 0.4) is 0 Å². The van der Waals surface area contributed by atoms with Gasteiger partial charge in [-0.25, -0.2) is 4.79 Å². The third-order valence-electron chi connectivity index (χ3n) is 1.69. The second kappa shape index (κ2) is 5.84. The Bertz CT molecular complexity index is 432. The third-order valence-corrected chi connectivity index (χ3v) is 2.51. The first kappa shape index (κ1) is 12.2. The molecular formula is C11H9BrO2S. The van der Waals surface area contributed by atoms with E-state index < -0.39 is 0 Å². The maximum atomic E-state index is 11.2. The molecule has 0 saturated carbocycles. The molecule has 0 aliphatic rings. The highest BCUT2D eigenvalue weighted by atomic mass is 79.9. The van der Waals surface area contributed by atoms with Crippen LogP contribution in [0.5, 0.6) is 0 Å². The highest BCUT2D eigenvalue weighted by molar-refractivity contribution is 9.10. The average Bonchev–Trinajstić information content (AvgIpc) is 2.26. The highest BCUT2D eigenvalue weighted by Gasteiger charge is 2.06. The van der Waals surface area contributed by atoms with Gasteiger partial charge in [0, 0.05) is 10.0 Å². The van der Waals surface area contributed by atoms with Crippen molar-refractivity contribution in [3.63, 3.8) is 0 Å². The van der Waals surface area contributed by atoms with Crippen molar-refractivity contribution in [3.8, 4) is 11.8 Å². The minimum Gasteiger partial charge on any atom is -0.465 e. The Morgan fingerprint density at radius 2 is 2.33 bits per heavy atom. The number of ether oxygens (including phenoxy) is 1. The molecule has 0 aliphatic heterocycles. The molecule has 0 saturated heterocycles. The van der Waals surface area contributed by atoms with Crippen molar-refractivity contribution in [3.05, 3.63) is 33.8 Å². The molecule has 0 aliphatic carbocycles. The minimum absolute atomic E-state index is 0.357. The van der Waals surface area contributed by atoms with E-state index in [1.54, 1.807) is 18.2 Å². The van der Waals surface area contributed by atoms with Crippen LogP contribution in [0.25, 0.3) is 0 Å². The van der Waals surface area contributed by atoms with Crippen molar-refractivity contribution in [2.75, 3.05) is 12.9 Å². The van der Waals surface area contributed by atoms with E-state index in [2.05, 4.69) is 45.1 Å². The van der Waals surface area contributed by atoms with E-state index in [9.17, 15) is 4.79 Å². The Labute approximate surface area is 103 Å². The molecule has 78 valence electrons. The summed E-state index contributed by atoms with van der Waals surface area (Å²) in [6, 6.07) is 5.14. The number of hydrogen-bond donors (Lipinski definition) is 1. The van der Waals surface area contributed by atoms with Gasteiger partial charge in [-0.1, -0.05) is 11.8 Å². The van der Waals surface area contributed by atoms with E-state index in [1.807, 2.05) is 0 Å². The Morgan fingerprint density at radius 1 is 1.60 bits per heavy atom. The lowest BCUT2D eigenvalue weighted by atomic mass is 10.1. The van der Waals surface area contributed by atoms with E-state index in [-0.39, 0.29) is 5.97 Å². The van der Waals surface area contributed by atoms with Gasteiger partial charge in [0.1, 0.15) is 0 Å². The van der Waals surface area contributed by atoms with E-state index in [1.165, 1.54) is 7.11 Å². The average molecular weight is 285 g/mol. The zero-order chi connectivity index (χ0) is 11.3. The van der Waals surface area contributed by atoms with Crippen LogP contribution < -0.4 is 0 Å². The summed E-state index contributed by atoms with van der Waals surface area (Å²) in [7, 11) is 1.35. The minimum atomic E-state index is -0.357. The molecule has 0 unspecified atom stereocenters. The number of esters is 1. The van der Waals surface area contributed by atoms with Crippen molar-refractivity contribution in [1.29, 1.82) is 0 Å². The maximum Gasteiger partial charge on any atom is 0.337 e. The van der Waals surface area contributed by atoms with Crippen LogP contribution in [0.1, 0.15) is 15.9 Å². The molecule has 0 N–H and O–H groups in total. The van der Waals surface area contributed by atoms with Crippen molar-refractivity contribution < 1.29 is 9.53 Å². The molecule has 0 aromatic heterocycles. The van der Waals surface area contributed by atoms with Gasteiger partial charge in [-0.2, -0.15) is 12.6 Å². The third kappa shape index (κ3) is 3.29. The first-order valence-corrected chi connectivity index (χ1v) is 5.59. The molecule has 0 amide bonds. The topological polar surface area (TPSA) is 26.3 Å². The lowest BCUT2D eigenvalue weighted by Gasteiger charge is -2.01. The molecule has 1 aromatic carbocycles. The number of methoxy groups -OCH3 is 1. The molecule has 0 heterocycles. The van der Waals surface area contributed by atoms with Gasteiger partial charge in [0.2, 0.25) is 0 Å². The molecule has 0 bridgehead atoms. The second-order valence-corrected chi connectivity index (χ2v) is 3.82. The van der Waals surface area contributed by atoms with Crippen LogP contribution in [0.15, 0.2) is 22.7 Å². The van der Waals surface area contributed by atoms with Crippen LogP contribution in [0.4, 0.5) is 0 Å². The lowest BCUT2D eigenvalue weighted by Crippen LogP contribution is -2.01. The fourth-order valence-corrected chi connectivity index (χ4v) is 1.55. The van der Waals surface area contributed by atoms with E-state index >= 15 is 0 Å². The smallest absolute Gasteiger partial charge is 0.337 e. The van der Waals surface area contributed by atoms with Crippen LogP contribution in [0, 0.1) is 11.8 Å². The van der Waals surface area contributed by atoms with Crippen molar-refractivity contribution >= 4 is 34.5 Å². The predicted molar refractivity (Wildman–Crippen MR) is 66.2 cm³/mol. The molecule has 0 atom stereocenters. The largest absolute Gasteiger partial charge is 0.465 e. The normalized spacial score (nSPS) is 9.00. The highest BCUT2D eigenvalue weighted by Crippen LogP contribution is 2.18. The zero-order valence-corrected chi connectivity index (χ0v) is 10.6. The standard InChI is InChI=1S/C11H9BrO2S/c1-14-11(13)9-5-4-8(3-2-6-15)10(12)7-9/h4-5,7,15H,6H2,1H3. The van der Waals surface area contributed by atoms with Gasteiger partial charge in [0.05, 0.1) is 18.4 Å². The number of hydrogen-bond acceptors (Lipinski definition) is 3. The van der Waals surface area contributed by atoms with Gasteiger partial charge in [-0.3, -0.25) is 0 Å². The SMILES string of the molecule is COC(=O)c1ccc(C#CCS)c(Br)c1. The summed E-state index contributed by atoms with van der Waals surface area (Å²) in [6.45, 7) is 0. The van der Waals surface area contributed by atoms with E-state index in [0.29, 0.717) is 11.3 Å². The first-order valence-electron chi connectivity index (χ1n) is 4.16. The summed E-state index contributed by atoms with van der Waals surface area (Å²) in [5.41, 5.74) is 1.33. The summed E-state index contributed by atoms with van der Waals surface area (Å²) in [5.74, 6) is 5.91. The van der Waals surface area contributed by atoms with Crippen LogP contribution in [0.2, 0.25) is 0 Å². The molecule has 0 radical (unpaired) electrons. The number of halogens is 1. The second-order valence-electron chi connectivity index (χ2n) is 2.65. The summed E-state index contributed by atoms with van der Waals surface area (Å²) in [6.07, 6.45) is 0. The van der Waals surface area contributed by atoms with Gasteiger partial charge in [0.15, 0.2) is 0 Å². The van der Waals surface area contributed by atoms with Gasteiger partial charge in [-0.05, 0) is 34.1 Å². The lowest BCUT2D eigenvalue weighted by molar-refractivity contribution is 0.0600. The summed E-state index contributed by atoms with van der Waals surface area (Å²) < 4.78 is 5.38. The van der Waals surface area contributed by atoms with Crippen molar-refractivity contribution in [1.82, 2.24) is 0 Å². The molecule has 0 fully saturated rings. The van der Waals surface area contributed by atoms with Gasteiger partial charge < -0.3 is 4.74 Å². The van der Waals surface area contributed by atoms with Gasteiger partial charge in [0.25, 0.3) is 0 Å². The Kier molecular flexibility index (Phi) is 4.73. The number of thiol groups is 1. The molecule has 0 spiro atoms. The molecular weight excluding hydrogens is 276 g/mol. The van der Waals surface area contributed by atoms with Gasteiger partial charge >= 0.3 is 5.97 Å². The molecule has 4 heteroatoms. The fourth-order valence-electron chi connectivity index (χ4n) is 0.996. The molecule has 15 heavy (non-hydrogen) atoms.